The van der Waals surface area contributed by atoms with E-state index in [0.29, 0.717) is 12.3 Å². The Balaban J connectivity index is 1.57. The van der Waals surface area contributed by atoms with E-state index in [9.17, 15) is 9.90 Å². The Kier molecular flexibility index (Phi) is 4.12. The summed E-state index contributed by atoms with van der Waals surface area (Å²) in [4.78, 5) is 16.2. The number of nitrogens with one attached hydrogen (secondary N) is 1. The normalized spacial score (nSPS) is 16.4. The van der Waals surface area contributed by atoms with Crippen LogP contribution in [0.3, 0.4) is 0 Å². The average Bonchev–Trinajstić information content (AvgIpc) is 2.49. The molecule has 1 aliphatic rings. The van der Waals surface area contributed by atoms with Gasteiger partial charge in [0.05, 0.1) is 11.4 Å². The Morgan fingerprint density at radius 2 is 2.14 bits per heavy atom. The Morgan fingerprint density at radius 3 is 2.90 bits per heavy atom. The van der Waals surface area contributed by atoms with Crippen LogP contribution >= 0.6 is 11.8 Å². The van der Waals surface area contributed by atoms with Gasteiger partial charge in [0, 0.05) is 18.1 Å². The number of benzene rings is 1. The molecule has 0 atom stereocenters. The van der Waals surface area contributed by atoms with Gasteiger partial charge in [0.1, 0.15) is 5.03 Å². The molecule has 1 heterocycles. The van der Waals surface area contributed by atoms with E-state index >= 15 is 0 Å². The number of pyridine rings is 1. The molecule has 1 amide bonds. The lowest BCUT2D eigenvalue weighted by molar-refractivity contribution is -0.121. The van der Waals surface area contributed by atoms with Gasteiger partial charge in [-0.3, -0.25) is 4.79 Å². The quantitative estimate of drug-likeness (QED) is 0.832. The number of nitrogens with zero attached hydrogens (tertiary/aromatic N) is 1. The standard InChI is InChI=1S/C16H18N2O2S/c19-14(18-11-16(20)7-3-8-16)10-21-15-13-5-2-1-4-12(13)6-9-17-15/h1-2,4-6,9,20H,3,7-8,10-11H2,(H,18,19). The lowest BCUT2D eigenvalue weighted by atomic mass is 9.80. The number of rotatable bonds is 5. The van der Waals surface area contributed by atoms with E-state index in [1.165, 1.54) is 11.8 Å². The summed E-state index contributed by atoms with van der Waals surface area (Å²) >= 11 is 1.43. The largest absolute Gasteiger partial charge is 0.388 e. The van der Waals surface area contributed by atoms with Gasteiger partial charge in [-0.05, 0) is 30.7 Å². The first-order valence-corrected chi connectivity index (χ1v) is 8.11. The lowest BCUT2D eigenvalue weighted by Crippen LogP contribution is -2.48. The second-order valence-corrected chi connectivity index (χ2v) is 6.44. The minimum absolute atomic E-state index is 0.0601. The number of amides is 1. The molecule has 110 valence electrons. The molecule has 1 aromatic carbocycles. The van der Waals surface area contributed by atoms with Crippen LogP contribution in [0.2, 0.25) is 0 Å². The van der Waals surface area contributed by atoms with Crippen molar-refractivity contribution in [2.75, 3.05) is 12.3 Å². The molecule has 2 N–H and O–H groups in total. The summed E-state index contributed by atoms with van der Waals surface area (Å²) in [6.07, 6.45) is 4.37. The summed E-state index contributed by atoms with van der Waals surface area (Å²) in [6.45, 7) is 0.357. The molecule has 1 fully saturated rings. The molecule has 0 bridgehead atoms. The molecular weight excluding hydrogens is 284 g/mol. The van der Waals surface area contributed by atoms with E-state index in [1.807, 2.05) is 30.3 Å². The maximum atomic E-state index is 11.9. The minimum atomic E-state index is -0.669. The first-order valence-electron chi connectivity index (χ1n) is 7.12. The van der Waals surface area contributed by atoms with E-state index in [-0.39, 0.29) is 5.91 Å². The topological polar surface area (TPSA) is 62.2 Å². The zero-order chi connectivity index (χ0) is 14.7. The highest BCUT2D eigenvalue weighted by Gasteiger charge is 2.34. The van der Waals surface area contributed by atoms with Gasteiger partial charge in [-0.1, -0.05) is 36.0 Å². The van der Waals surface area contributed by atoms with Gasteiger partial charge < -0.3 is 10.4 Å². The van der Waals surface area contributed by atoms with Crippen molar-refractivity contribution in [2.24, 2.45) is 0 Å². The predicted molar refractivity (Wildman–Crippen MR) is 84.3 cm³/mol. The fraction of sp³-hybridized carbons (Fsp3) is 0.375. The van der Waals surface area contributed by atoms with Crippen molar-refractivity contribution in [1.82, 2.24) is 10.3 Å². The molecule has 4 nitrogen and oxygen atoms in total. The second kappa shape index (κ2) is 6.03. The second-order valence-electron chi connectivity index (χ2n) is 5.48. The van der Waals surface area contributed by atoms with Gasteiger partial charge >= 0.3 is 0 Å². The fourth-order valence-electron chi connectivity index (χ4n) is 2.42. The molecule has 5 heteroatoms. The maximum absolute atomic E-state index is 11.9. The van der Waals surface area contributed by atoms with Crippen LogP contribution in [0.15, 0.2) is 41.6 Å². The third-order valence-electron chi connectivity index (χ3n) is 3.88. The van der Waals surface area contributed by atoms with Crippen molar-refractivity contribution >= 4 is 28.4 Å². The Labute approximate surface area is 128 Å². The number of aliphatic hydroxyl groups is 1. The van der Waals surface area contributed by atoms with Crippen LogP contribution < -0.4 is 5.32 Å². The van der Waals surface area contributed by atoms with Crippen LogP contribution in [0.1, 0.15) is 19.3 Å². The van der Waals surface area contributed by atoms with E-state index in [1.54, 1.807) is 6.20 Å². The number of hydrogen-bond acceptors (Lipinski definition) is 4. The first-order chi connectivity index (χ1) is 10.2. The predicted octanol–water partition coefficient (Wildman–Crippen LogP) is 2.36. The van der Waals surface area contributed by atoms with Crippen molar-refractivity contribution in [3.8, 4) is 0 Å². The molecule has 21 heavy (non-hydrogen) atoms. The van der Waals surface area contributed by atoms with Crippen molar-refractivity contribution < 1.29 is 9.90 Å². The number of aromatic nitrogens is 1. The third-order valence-corrected chi connectivity index (χ3v) is 4.88. The molecule has 1 aromatic heterocycles. The molecule has 0 aliphatic heterocycles. The molecule has 0 saturated heterocycles. The zero-order valence-corrected chi connectivity index (χ0v) is 12.5. The molecule has 1 saturated carbocycles. The van der Waals surface area contributed by atoms with E-state index in [2.05, 4.69) is 10.3 Å². The Morgan fingerprint density at radius 1 is 1.33 bits per heavy atom. The molecule has 3 rings (SSSR count). The van der Waals surface area contributed by atoms with Gasteiger partial charge in [0.2, 0.25) is 5.91 Å². The minimum Gasteiger partial charge on any atom is -0.388 e. The highest BCUT2D eigenvalue weighted by atomic mass is 32.2. The number of fused-ring (bicyclic) bond motifs is 1. The summed E-state index contributed by atoms with van der Waals surface area (Å²) in [5.74, 6) is 0.256. The SMILES string of the molecule is O=C(CSc1nccc2ccccc12)NCC1(O)CCC1. The molecular formula is C16H18N2O2S. The number of hydrogen-bond donors (Lipinski definition) is 2. The summed E-state index contributed by atoms with van der Waals surface area (Å²) in [6, 6.07) is 9.97. The van der Waals surface area contributed by atoms with Crippen LogP contribution in [-0.2, 0) is 4.79 Å². The van der Waals surface area contributed by atoms with Gasteiger partial charge in [-0.15, -0.1) is 0 Å². The van der Waals surface area contributed by atoms with Crippen molar-refractivity contribution in [3.05, 3.63) is 36.5 Å². The van der Waals surface area contributed by atoms with Crippen molar-refractivity contribution in [2.45, 2.75) is 29.9 Å². The third kappa shape index (κ3) is 3.36. The highest BCUT2D eigenvalue weighted by molar-refractivity contribution is 8.00. The maximum Gasteiger partial charge on any atom is 0.230 e. The van der Waals surface area contributed by atoms with Gasteiger partial charge in [-0.25, -0.2) is 4.98 Å². The fourth-order valence-corrected chi connectivity index (χ4v) is 3.26. The molecule has 2 aromatic rings. The molecule has 0 radical (unpaired) electrons. The Bertz CT molecular complexity index is 650. The van der Waals surface area contributed by atoms with Gasteiger partial charge in [-0.2, -0.15) is 0 Å². The van der Waals surface area contributed by atoms with Crippen LogP contribution in [0, 0.1) is 0 Å². The van der Waals surface area contributed by atoms with Crippen LogP contribution in [0.4, 0.5) is 0 Å². The van der Waals surface area contributed by atoms with Crippen LogP contribution in [0.5, 0.6) is 0 Å². The highest BCUT2D eigenvalue weighted by Crippen LogP contribution is 2.30. The van der Waals surface area contributed by atoms with Gasteiger partial charge in [0.25, 0.3) is 0 Å². The summed E-state index contributed by atoms with van der Waals surface area (Å²) in [5.41, 5.74) is -0.669. The number of carbonyl (C=O) groups excluding carboxylic acids is 1. The lowest BCUT2D eigenvalue weighted by Gasteiger charge is -2.36. The monoisotopic (exact) mass is 302 g/mol. The number of carbonyl (C=O) groups is 1. The number of thioether (sulfide) groups is 1. The van der Waals surface area contributed by atoms with E-state index in [0.717, 1.165) is 35.1 Å². The Hall–Kier alpha value is -1.59. The summed E-state index contributed by atoms with van der Waals surface area (Å²) < 4.78 is 0. The van der Waals surface area contributed by atoms with Gasteiger partial charge in [0.15, 0.2) is 0 Å². The summed E-state index contributed by atoms with van der Waals surface area (Å²) in [5, 5.41) is 15.8. The molecule has 0 spiro atoms. The van der Waals surface area contributed by atoms with Crippen molar-refractivity contribution in [1.29, 1.82) is 0 Å². The first kappa shape index (κ1) is 14.4. The average molecular weight is 302 g/mol. The van der Waals surface area contributed by atoms with Crippen LogP contribution in [0.25, 0.3) is 10.8 Å². The summed E-state index contributed by atoms with van der Waals surface area (Å²) in [7, 11) is 0. The molecule has 1 aliphatic carbocycles. The zero-order valence-electron chi connectivity index (χ0n) is 11.7. The van der Waals surface area contributed by atoms with E-state index < -0.39 is 5.60 Å². The van der Waals surface area contributed by atoms with Crippen molar-refractivity contribution in [3.63, 3.8) is 0 Å². The van der Waals surface area contributed by atoms with E-state index in [4.69, 9.17) is 0 Å². The van der Waals surface area contributed by atoms with Crippen LogP contribution in [-0.4, -0.2) is 33.9 Å². The molecule has 0 unspecified atom stereocenters. The smallest absolute Gasteiger partial charge is 0.230 e.